The van der Waals surface area contributed by atoms with Crippen LogP contribution in [0.15, 0.2) is 102 Å². The Bertz CT molecular complexity index is 4530. The van der Waals surface area contributed by atoms with Crippen LogP contribution in [0.2, 0.25) is 0 Å². The van der Waals surface area contributed by atoms with Crippen molar-refractivity contribution in [2.45, 2.75) is 110 Å². The van der Waals surface area contributed by atoms with Crippen molar-refractivity contribution in [3.63, 3.8) is 0 Å². The summed E-state index contributed by atoms with van der Waals surface area (Å²) in [5.74, 6) is 1.24. The molecule has 1 aliphatic carbocycles. The number of furan rings is 1. The van der Waals surface area contributed by atoms with E-state index >= 15 is 0 Å². The highest BCUT2D eigenvalue weighted by Gasteiger charge is 2.38. The maximum Gasteiger partial charge on any atom is 0.227 e. The standard InChI is InChI=1S/C23H24FN3OS.C23H27N7OS.C20H21N7OS/c1-11-5-19(26-22-17(11)8-14(4)28-22)15-9-18(24)21-20(10-15)29-23(27-21)16-6-12(2)25-13(3)7-16;1-23(2)13-29(3)8-7-20(23)30(4)22-26-21-19(32-22)10-17(27-28-21)16-6-5-14(9-18(16)31)15-11-24-25-12-15;1-21-13-6-14(7-13)27(2)20-24-19-18(29-20)8-16(25-26-19)15-4-3-11(5-17(15)28)12-9-22-23-10-12/h5,8-10,12-13,16,25H,6-7H2,1-4H3;5-6,9-12,20,31H,7-8,13H2,1-4H3,(H,24,25);3-5,8-10,13-14,21,28H,6-7H2,1-2H3,(H,22,23)/t12-,13+,16?;;. The number of rotatable bonds is 11. The van der Waals surface area contributed by atoms with Crippen LogP contribution >= 0.6 is 34.0 Å². The predicted octanol–water partition coefficient (Wildman–Crippen LogP) is 13.2. The molecule has 0 radical (unpaired) electrons. The van der Waals surface area contributed by atoms with Crippen molar-refractivity contribution in [3.8, 4) is 67.5 Å². The number of aromatic hydroxyl groups is 2. The molecule has 0 amide bonds. The second kappa shape index (κ2) is 24.8. The molecule has 6 N–H and O–H groups in total. The fraction of sp³-hybridized carbons (Fsp3) is 0.364. The minimum atomic E-state index is -0.287. The maximum absolute atomic E-state index is 15.0. The summed E-state index contributed by atoms with van der Waals surface area (Å²) in [5, 5.41) is 62.8. The van der Waals surface area contributed by atoms with Crippen LogP contribution in [0.5, 0.6) is 11.5 Å². The first-order valence-corrected chi connectivity index (χ1v) is 32.8. The van der Waals surface area contributed by atoms with E-state index in [9.17, 15) is 14.6 Å². The molecule has 11 heterocycles. The average molecular weight is 1270 g/mol. The largest absolute Gasteiger partial charge is 0.507 e. The Labute approximate surface area is 532 Å². The summed E-state index contributed by atoms with van der Waals surface area (Å²) >= 11 is 4.84. The van der Waals surface area contributed by atoms with Gasteiger partial charge in [-0.2, -0.15) is 20.2 Å². The summed E-state index contributed by atoms with van der Waals surface area (Å²) in [6, 6.07) is 24.9. The monoisotopic (exact) mass is 1270 g/mol. The highest BCUT2D eigenvalue weighted by molar-refractivity contribution is 7.22. The van der Waals surface area contributed by atoms with Gasteiger partial charge in [-0.25, -0.2) is 14.4 Å². The van der Waals surface area contributed by atoms with Gasteiger partial charge in [0.15, 0.2) is 27.4 Å². The van der Waals surface area contributed by atoms with E-state index in [1.807, 2.05) is 75.5 Å². The molecule has 1 saturated carbocycles. The molecule has 4 atom stereocenters. The number of H-pyrrole nitrogens is 2. The first-order chi connectivity index (χ1) is 43.3. The molecule has 3 aliphatic rings. The molecular formula is C66H72FN17O3S3. The normalized spacial score (nSPS) is 20.0. The van der Waals surface area contributed by atoms with Gasteiger partial charge in [0.1, 0.15) is 22.8 Å². The van der Waals surface area contributed by atoms with Crippen molar-refractivity contribution in [2.75, 3.05) is 51.1 Å². The van der Waals surface area contributed by atoms with Crippen molar-refractivity contribution in [1.82, 2.24) is 76.3 Å². The molecule has 464 valence electrons. The van der Waals surface area contributed by atoms with E-state index in [1.165, 1.54) is 0 Å². The van der Waals surface area contributed by atoms with Crippen LogP contribution < -0.4 is 20.4 Å². The van der Waals surface area contributed by atoms with Gasteiger partial charge in [0.05, 0.1) is 48.6 Å². The van der Waals surface area contributed by atoms with Crippen LogP contribution in [0.25, 0.3) is 98.0 Å². The lowest BCUT2D eigenvalue weighted by Gasteiger charge is -2.46. The van der Waals surface area contributed by atoms with E-state index in [2.05, 4.69) is 130 Å². The van der Waals surface area contributed by atoms with Gasteiger partial charge in [0.2, 0.25) is 5.71 Å². The molecule has 3 fully saturated rings. The molecule has 20 nitrogen and oxygen atoms in total. The topological polar surface area (TPSA) is 248 Å². The summed E-state index contributed by atoms with van der Waals surface area (Å²) in [4.78, 5) is 25.7. The molecule has 0 bridgehead atoms. The number of aromatic nitrogens is 12. The lowest BCUT2D eigenvalue weighted by atomic mass is 9.78. The molecule has 24 heteroatoms. The van der Waals surface area contributed by atoms with Crippen LogP contribution in [-0.2, 0) is 0 Å². The first kappa shape index (κ1) is 60.5. The highest BCUT2D eigenvalue weighted by Crippen LogP contribution is 2.42. The molecule has 2 saturated heterocycles. The van der Waals surface area contributed by atoms with Crippen LogP contribution in [0.1, 0.15) is 82.0 Å². The number of aryl methyl sites for hydroxylation is 2. The van der Waals surface area contributed by atoms with Gasteiger partial charge in [-0.3, -0.25) is 10.2 Å². The van der Waals surface area contributed by atoms with Crippen molar-refractivity contribution in [3.05, 3.63) is 120 Å². The van der Waals surface area contributed by atoms with E-state index in [1.54, 1.807) is 77.0 Å². The Morgan fingerprint density at radius 2 is 1.28 bits per heavy atom. The number of hydrogen-bond donors (Lipinski definition) is 6. The second-order valence-electron chi connectivity index (χ2n) is 25.0. The Morgan fingerprint density at radius 1 is 0.678 bits per heavy atom. The van der Waals surface area contributed by atoms with Crippen molar-refractivity contribution in [2.24, 2.45) is 5.41 Å². The number of halogens is 1. The third-order valence-corrected chi connectivity index (χ3v) is 21.1. The van der Waals surface area contributed by atoms with E-state index < -0.39 is 0 Å². The zero-order valence-electron chi connectivity index (χ0n) is 51.9. The number of hydrogen-bond acceptors (Lipinski definition) is 21. The van der Waals surface area contributed by atoms with Gasteiger partial charge in [0.25, 0.3) is 0 Å². The maximum atomic E-state index is 15.0. The summed E-state index contributed by atoms with van der Waals surface area (Å²) in [5.41, 5.74) is 11.2. The highest BCUT2D eigenvalue weighted by atomic mass is 32.1. The van der Waals surface area contributed by atoms with E-state index in [-0.39, 0.29) is 22.7 Å². The first-order valence-electron chi connectivity index (χ1n) is 30.3. The van der Waals surface area contributed by atoms with Crippen LogP contribution in [0.3, 0.4) is 0 Å². The van der Waals surface area contributed by atoms with Crippen molar-refractivity contribution < 1.29 is 19.0 Å². The summed E-state index contributed by atoms with van der Waals surface area (Å²) in [7, 11) is 8.41. The van der Waals surface area contributed by atoms with E-state index in [0.717, 1.165) is 125 Å². The molecule has 3 aromatic carbocycles. The zero-order valence-corrected chi connectivity index (χ0v) is 54.3. The van der Waals surface area contributed by atoms with Crippen LogP contribution in [0, 0.1) is 25.1 Å². The number of likely N-dealkylation sites (tertiary alicyclic amines) is 1. The predicted molar refractivity (Wildman–Crippen MR) is 358 cm³/mol. The number of nitrogens with zero attached hydrogens (tertiary/aromatic N) is 13. The van der Waals surface area contributed by atoms with Gasteiger partial charge in [-0.1, -0.05) is 48.7 Å². The number of nitrogens with one attached hydrogen (secondary N) is 4. The Balaban J connectivity index is 0.000000124. The zero-order chi connectivity index (χ0) is 62.7. The number of thiazole rings is 3. The molecule has 0 spiro atoms. The molecule has 2 unspecified atom stereocenters. The molecule has 12 aromatic rings. The number of pyridine rings is 1. The number of anilines is 2. The number of phenolic OH excluding ortho intramolecular Hbond substituents is 2. The molecular weight excluding hydrogens is 1190 g/mol. The van der Waals surface area contributed by atoms with Gasteiger partial charge in [0, 0.05) is 102 Å². The van der Waals surface area contributed by atoms with E-state index in [4.69, 9.17) is 9.40 Å². The Hall–Kier alpha value is -8.39. The third kappa shape index (κ3) is 12.3. The Kier molecular flexibility index (Phi) is 16.7. The van der Waals surface area contributed by atoms with Crippen LogP contribution in [-0.4, -0.2) is 147 Å². The molecule has 15 rings (SSSR count). The molecule has 90 heavy (non-hydrogen) atoms. The summed E-state index contributed by atoms with van der Waals surface area (Å²) in [6.07, 6.45) is 12.4. The molecule has 2 aliphatic heterocycles. The Morgan fingerprint density at radius 3 is 1.83 bits per heavy atom. The van der Waals surface area contributed by atoms with Crippen molar-refractivity contribution in [1.29, 1.82) is 0 Å². The van der Waals surface area contributed by atoms with Gasteiger partial charge < -0.3 is 40.0 Å². The fourth-order valence-electron chi connectivity index (χ4n) is 13.0. The number of fused-ring (bicyclic) bond motifs is 4. The van der Waals surface area contributed by atoms with Gasteiger partial charge in [-0.05, 0) is 163 Å². The minimum Gasteiger partial charge on any atom is -0.507 e. The van der Waals surface area contributed by atoms with Crippen LogP contribution in [0.4, 0.5) is 14.7 Å². The quantitative estimate of drug-likeness (QED) is 0.0704. The summed E-state index contributed by atoms with van der Waals surface area (Å²) in [6.45, 7) is 15.1. The summed E-state index contributed by atoms with van der Waals surface area (Å²) < 4.78 is 23.5. The number of piperidine rings is 2. The SMILES string of the molecule is CN1CCC(N(C)c2nc3nnc(-c4ccc(-c5cn[nH]c5)cc4O)cc3s2)C(C)(C)C1.CNC1CC(N(C)c2nc3nnc(-c4ccc(-c5cn[nH]c5)cc4O)cc3s2)C1.Cc1cc2c(C)cc(-c3cc(F)c4nc(C5C[C@@H](C)N[C@@H](C)C5)sc4c3)nc2o1. The third-order valence-electron chi connectivity index (χ3n) is 17.8. The lowest BCUT2D eigenvalue weighted by molar-refractivity contribution is 0.114. The smallest absolute Gasteiger partial charge is 0.227 e. The second-order valence-corrected chi connectivity index (χ2v) is 28.1. The van der Waals surface area contributed by atoms with Gasteiger partial charge >= 0.3 is 0 Å². The number of phenols is 2. The minimum absolute atomic E-state index is 0.159. The lowest BCUT2D eigenvalue weighted by Crippen LogP contribution is -2.54. The van der Waals surface area contributed by atoms with Gasteiger partial charge in [-0.15, -0.1) is 31.7 Å². The number of aromatic amines is 2. The fourth-order valence-corrected chi connectivity index (χ4v) is 16.1. The van der Waals surface area contributed by atoms with E-state index in [0.29, 0.717) is 81.2 Å². The average Bonchev–Trinajstić information content (AvgIpc) is 1.71. The van der Waals surface area contributed by atoms with Crippen molar-refractivity contribution >= 4 is 86.3 Å². The molecule has 9 aromatic heterocycles. The number of benzene rings is 3.